The highest BCUT2D eigenvalue weighted by Crippen LogP contribution is 2.24. The maximum Gasteiger partial charge on any atom is 0.0795 e. The average molecular weight is 275 g/mol. The molecule has 0 bridgehead atoms. The molecule has 0 spiro atoms. The van der Waals surface area contributed by atoms with E-state index in [0.717, 1.165) is 12.2 Å². The van der Waals surface area contributed by atoms with Crippen LogP contribution in [0.25, 0.3) is 0 Å². The average Bonchev–Trinajstić information content (AvgIpc) is 2.85. The van der Waals surface area contributed by atoms with E-state index in [-0.39, 0.29) is 6.04 Å². The van der Waals surface area contributed by atoms with E-state index in [2.05, 4.69) is 54.4 Å². The number of benzene rings is 1. The van der Waals surface area contributed by atoms with Crippen molar-refractivity contribution in [2.45, 2.75) is 26.4 Å². The number of hydrogen-bond donors (Lipinski definition) is 1. The van der Waals surface area contributed by atoms with Crippen LogP contribution < -0.4 is 5.73 Å². The van der Waals surface area contributed by atoms with Crippen LogP contribution in [-0.2, 0) is 6.54 Å². The Morgan fingerprint density at radius 3 is 2.74 bits per heavy atom. The lowest BCUT2D eigenvalue weighted by Gasteiger charge is -2.28. The molecule has 2 N–H and O–H groups in total. The monoisotopic (exact) mass is 275 g/mol. The van der Waals surface area contributed by atoms with Gasteiger partial charge in [-0.15, -0.1) is 11.3 Å². The minimum Gasteiger partial charge on any atom is -0.329 e. The topological polar surface area (TPSA) is 42.1 Å². The standard InChI is InChI=1S/C15H21N3S/c1-11-4-5-14(12(2)6-11)15(7-16)18(3)8-13-9-19-10-17-13/h4-6,9-10,15H,7-8,16H2,1-3H3. The van der Waals surface area contributed by atoms with E-state index >= 15 is 0 Å². The first-order valence-electron chi connectivity index (χ1n) is 6.46. The van der Waals surface area contributed by atoms with Crippen LogP contribution in [0.1, 0.15) is 28.4 Å². The molecule has 1 aromatic carbocycles. The molecule has 3 nitrogen and oxygen atoms in total. The van der Waals surface area contributed by atoms with Crippen molar-refractivity contribution in [3.05, 3.63) is 51.5 Å². The van der Waals surface area contributed by atoms with Gasteiger partial charge in [-0.1, -0.05) is 23.8 Å². The van der Waals surface area contributed by atoms with Crippen LogP contribution in [0, 0.1) is 13.8 Å². The van der Waals surface area contributed by atoms with Crippen LogP contribution in [0.15, 0.2) is 29.1 Å². The summed E-state index contributed by atoms with van der Waals surface area (Å²) in [6, 6.07) is 6.80. The minimum absolute atomic E-state index is 0.238. The van der Waals surface area contributed by atoms with Gasteiger partial charge >= 0.3 is 0 Å². The lowest BCUT2D eigenvalue weighted by atomic mass is 9.98. The van der Waals surface area contributed by atoms with Gasteiger partial charge in [-0.3, -0.25) is 4.90 Å². The van der Waals surface area contributed by atoms with Gasteiger partial charge in [0.15, 0.2) is 0 Å². The van der Waals surface area contributed by atoms with Gasteiger partial charge in [0.2, 0.25) is 0 Å². The van der Waals surface area contributed by atoms with Crippen molar-refractivity contribution in [3.63, 3.8) is 0 Å². The predicted octanol–water partition coefficient (Wildman–Crippen LogP) is 2.89. The summed E-state index contributed by atoms with van der Waals surface area (Å²) >= 11 is 1.63. The van der Waals surface area contributed by atoms with E-state index in [1.807, 2.05) is 5.51 Å². The second-order valence-electron chi connectivity index (χ2n) is 5.01. The van der Waals surface area contributed by atoms with Crippen LogP contribution >= 0.6 is 11.3 Å². The van der Waals surface area contributed by atoms with Gasteiger partial charge in [0.1, 0.15) is 0 Å². The van der Waals surface area contributed by atoms with Crippen molar-refractivity contribution >= 4 is 11.3 Å². The molecule has 0 saturated heterocycles. The van der Waals surface area contributed by atoms with E-state index in [1.165, 1.54) is 16.7 Å². The summed E-state index contributed by atoms with van der Waals surface area (Å²) < 4.78 is 0. The summed E-state index contributed by atoms with van der Waals surface area (Å²) in [5, 5.41) is 2.09. The summed E-state index contributed by atoms with van der Waals surface area (Å²) in [4.78, 5) is 6.61. The second-order valence-corrected chi connectivity index (χ2v) is 5.73. The lowest BCUT2D eigenvalue weighted by Crippen LogP contribution is -2.30. The van der Waals surface area contributed by atoms with Crippen molar-refractivity contribution in [2.24, 2.45) is 5.73 Å². The fourth-order valence-electron chi connectivity index (χ4n) is 2.43. The van der Waals surface area contributed by atoms with E-state index in [1.54, 1.807) is 11.3 Å². The number of nitrogens with two attached hydrogens (primary N) is 1. The lowest BCUT2D eigenvalue weighted by molar-refractivity contribution is 0.239. The normalized spacial score (nSPS) is 12.9. The molecule has 1 atom stereocenters. The predicted molar refractivity (Wildman–Crippen MR) is 81.3 cm³/mol. The fourth-order valence-corrected chi connectivity index (χ4v) is 2.97. The molecule has 0 saturated carbocycles. The Balaban J connectivity index is 2.18. The third-order valence-electron chi connectivity index (χ3n) is 3.43. The number of aromatic nitrogens is 1. The van der Waals surface area contributed by atoms with Crippen LogP contribution in [0.2, 0.25) is 0 Å². The Bertz CT molecular complexity index is 522. The maximum absolute atomic E-state index is 5.98. The quantitative estimate of drug-likeness (QED) is 0.912. The molecular weight excluding hydrogens is 254 g/mol. The fraction of sp³-hybridized carbons (Fsp3) is 0.400. The number of thiazole rings is 1. The Morgan fingerprint density at radius 1 is 1.37 bits per heavy atom. The molecule has 1 aromatic heterocycles. The van der Waals surface area contributed by atoms with Gasteiger partial charge in [-0.05, 0) is 32.0 Å². The van der Waals surface area contributed by atoms with Crippen LogP contribution in [-0.4, -0.2) is 23.5 Å². The third kappa shape index (κ3) is 3.41. The highest BCUT2D eigenvalue weighted by atomic mass is 32.1. The molecule has 0 aliphatic heterocycles. The molecular formula is C15H21N3S. The number of hydrogen-bond acceptors (Lipinski definition) is 4. The largest absolute Gasteiger partial charge is 0.329 e. The highest BCUT2D eigenvalue weighted by Gasteiger charge is 2.18. The molecule has 2 aromatic rings. The van der Waals surface area contributed by atoms with Gasteiger partial charge in [0, 0.05) is 24.5 Å². The van der Waals surface area contributed by atoms with Crippen LogP contribution in [0.4, 0.5) is 0 Å². The first-order valence-corrected chi connectivity index (χ1v) is 7.40. The van der Waals surface area contributed by atoms with Gasteiger partial charge in [0.25, 0.3) is 0 Å². The Morgan fingerprint density at radius 2 is 2.16 bits per heavy atom. The summed E-state index contributed by atoms with van der Waals surface area (Å²) in [5.41, 5.74) is 12.9. The zero-order chi connectivity index (χ0) is 13.8. The molecule has 0 fully saturated rings. The van der Waals surface area contributed by atoms with Gasteiger partial charge in [-0.2, -0.15) is 0 Å². The maximum atomic E-state index is 5.98. The Hall–Kier alpha value is -1.23. The van der Waals surface area contributed by atoms with Crippen molar-refractivity contribution < 1.29 is 0 Å². The number of likely N-dealkylation sites (N-methyl/N-ethyl adjacent to an activating group) is 1. The summed E-state index contributed by atoms with van der Waals surface area (Å²) in [5.74, 6) is 0. The smallest absolute Gasteiger partial charge is 0.0795 e. The molecule has 1 unspecified atom stereocenters. The number of nitrogens with zero attached hydrogens (tertiary/aromatic N) is 2. The van der Waals surface area contributed by atoms with Crippen molar-refractivity contribution in [3.8, 4) is 0 Å². The van der Waals surface area contributed by atoms with Crippen molar-refractivity contribution in [1.29, 1.82) is 0 Å². The molecule has 0 aliphatic carbocycles. The molecule has 2 rings (SSSR count). The molecule has 0 aliphatic rings. The van der Waals surface area contributed by atoms with Gasteiger partial charge in [0.05, 0.1) is 11.2 Å². The molecule has 1 heterocycles. The van der Waals surface area contributed by atoms with E-state index in [0.29, 0.717) is 6.54 Å². The highest BCUT2D eigenvalue weighted by molar-refractivity contribution is 7.07. The van der Waals surface area contributed by atoms with Gasteiger partial charge in [-0.25, -0.2) is 4.98 Å². The molecule has 0 amide bonds. The van der Waals surface area contributed by atoms with E-state index < -0.39 is 0 Å². The van der Waals surface area contributed by atoms with Crippen LogP contribution in [0.5, 0.6) is 0 Å². The SMILES string of the molecule is Cc1ccc(C(CN)N(C)Cc2cscn2)c(C)c1. The number of aryl methyl sites for hydroxylation is 2. The van der Waals surface area contributed by atoms with Crippen LogP contribution in [0.3, 0.4) is 0 Å². The molecule has 0 radical (unpaired) electrons. The molecule has 4 heteroatoms. The van der Waals surface area contributed by atoms with E-state index in [9.17, 15) is 0 Å². The van der Waals surface area contributed by atoms with Gasteiger partial charge < -0.3 is 5.73 Å². The first kappa shape index (κ1) is 14.2. The minimum atomic E-state index is 0.238. The molecule has 102 valence electrons. The Kier molecular flexibility index (Phi) is 4.69. The molecule has 19 heavy (non-hydrogen) atoms. The van der Waals surface area contributed by atoms with E-state index in [4.69, 9.17) is 5.73 Å². The summed E-state index contributed by atoms with van der Waals surface area (Å²) in [6.07, 6.45) is 0. The zero-order valence-electron chi connectivity index (χ0n) is 11.8. The summed E-state index contributed by atoms with van der Waals surface area (Å²) in [6.45, 7) is 5.72. The van der Waals surface area contributed by atoms with Crippen molar-refractivity contribution in [1.82, 2.24) is 9.88 Å². The zero-order valence-corrected chi connectivity index (χ0v) is 12.6. The van der Waals surface area contributed by atoms with Crippen molar-refractivity contribution in [2.75, 3.05) is 13.6 Å². The second kappa shape index (κ2) is 6.28. The first-order chi connectivity index (χ1) is 9.11. The third-order valence-corrected chi connectivity index (χ3v) is 4.07. The number of rotatable bonds is 5. The Labute approximate surface area is 119 Å². The summed E-state index contributed by atoms with van der Waals surface area (Å²) in [7, 11) is 2.11.